The predicted octanol–water partition coefficient (Wildman–Crippen LogP) is 4.71. The van der Waals surface area contributed by atoms with Crippen molar-refractivity contribution in [3.05, 3.63) is 28.2 Å². The van der Waals surface area contributed by atoms with E-state index in [1.807, 2.05) is 25.1 Å². The summed E-state index contributed by atoms with van der Waals surface area (Å²) in [4.78, 5) is 0. The molecule has 0 saturated heterocycles. The van der Waals surface area contributed by atoms with Gasteiger partial charge in [-0.1, -0.05) is 6.07 Å². The van der Waals surface area contributed by atoms with Gasteiger partial charge in [-0.25, -0.2) is 8.78 Å². The molecule has 0 unspecified atom stereocenters. The van der Waals surface area contributed by atoms with Gasteiger partial charge in [0.15, 0.2) is 0 Å². The Kier molecular flexibility index (Phi) is 3.71. The molecule has 1 nitrogen and oxygen atoms in total. The summed E-state index contributed by atoms with van der Waals surface area (Å²) in [6, 6.07) is 5.80. The molecule has 1 saturated carbocycles. The number of benzene rings is 1. The lowest BCUT2D eigenvalue weighted by Crippen LogP contribution is -2.30. The van der Waals surface area contributed by atoms with Gasteiger partial charge in [0.25, 0.3) is 0 Å². The maximum atomic E-state index is 13.0. The van der Waals surface area contributed by atoms with Gasteiger partial charge in [0, 0.05) is 12.8 Å². The van der Waals surface area contributed by atoms with E-state index in [1.54, 1.807) is 0 Å². The largest absolute Gasteiger partial charge is 0.489 e. The van der Waals surface area contributed by atoms with Gasteiger partial charge >= 0.3 is 0 Å². The van der Waals surface area contributed by atoms with E-state index in [4.69, 9.17) is 4.74 Å². The van der Waals surface area contributed by atoms with Gasteiger partial charge in [0.2, 0.25) is 5.92 Å². The minimum atomic E-state index is -2.50. The van der Waals surface area contributed by atoms with E-state index >= 15 is 0 Å². The average Bonchev–Trinajstić information content (AvgIpc) is 2.25. The topological polar surface area (TPSA) is 9.23 Å². The van der Waals surface area contributed by atoms with Gasteiger partial charge < -0.3 is 4.74 Å². The summed E-state index contributed by atoms with van der Waals surface area (Å²) in [6.45, 7) is 2.00. The SMILES string of the molecule is Cc1ccc(OC2CCC(F)(F)CC2)c(Br)c1. The summed E-state index contributed by atoms with van der Waals surface area (Å²) >= 11 is 3.42. The summed E-state index contributed by atoms with van der Waals surface area (Å²) < 4.78 is 32.6. The van der Waals surface area contributed by atoms with Gasteiger partial charge in [-0.3, -0.25) is 0 Å². The summed E-state index contributed by atoms with van der Waals surface area (Å²) in [5.74, 6) is -1.75. The van der Waals surface area contributed by atoms with Crippen LogP contribution in [0.15, 0.2) is 22.7 Å². The molecule has 0 spiro atoms. The normalized spacial score (nSPS) is 20.2. The lowest BCUT2D eigenvalue weighted by atomic mass is 9.94. The average molecular weight is 305 g/mol. The molecule has 94 valence electrons. The van der Waals surface area contributed by atoms with Gasteiger partial charge in [-0.05, 0) is 53.4 Å². The summed E-state index contributed by atoms with van der Waals surface area (Å²) in [5.41, 5.74) is 1.14. The molecular formula is C13H15BrF2O. The Hall–Kier alpha value is -0.640. The molecule has 0 amide bonds. The minimum Gasteiger partial charge on any atom is -0.489 e. The van der Waals surface area contributed by atoms with Crippen molar-refractivity contribution < 1.29 is 13.5 Å². The fraction of sp³-hybridized carbons (Fsp3) is 0.538. The highest BCUT2D eigenvalue weighted by Gasteiger charge is 2.35. The first-order valence-electron chi connectivity index (χ1n) is 5.77. The number of hydrogen-bond acceptors (Lipinski definition) is 1. The van der Waals surface area contributed by atoms with Gasteiger partial charge in [0.1, 0.15) is 5.75 Å². The molecule has 1 aliphatic rings. The first kappa shape index (κ1) is 12.8. The van der Waals surface area contributed by atoms with Crippen molar-refractivity contribution in [2.45, 2.75) is 44.6 Å². The molecule has 1 aromatic carbocycles. The van der Waals surface area contributed by atoms with Gasteiger partial charge in [-0.2, -0.15) is 0 Å². The van der Waals surface area contributed by atoms with Crippen molar-refractivity contribution >= 4 is 15.9 Å². The van der Waals surface area contributed by atoms with Crippen LogP contribution in [0, 0.1) is 6.92 Å². The zero-order valence-electron chi connectivity index (χ0n) is 9.68. The molecule has 17 heavy (non-hydrogen) atoms. The Morgan fingerprint density at radius 1 is 1.29 bits per heavy atom. The second-order valence-electron chi connectivity index (χ2n) is 4.61. The molecular weight excluding hydrogens is 290 g/mol. The molecule has 2 rings (SSSR count). The molecule has 1 fully saturated rings. The monoisotopic (exact) mass is 304 g/mol. The molecule has 4 heteroatoms. The summed E-state index contributed by atoms with van der Waals surface area (Å²) in [6.07, 6.45) is 0.622. The highest BCUT2D eigenvalue weighted by atomic mass is 79.9. The number of aryl methyl sites for hydroxylation is 1. The van der Waals surface area contributed by atoms with E-state index < -0.39 is 5.92 Å². The van der Waals surface area contributed by atoms with Crippen LogP contribution in [-0.2, 0) is 0 Å². The number of hydrogen-bond donors (Lipinski definition) is 0. The van der Waals surface area contributed by atoms with E-state index in [-0.39, 0.29) is 18.9 Å². The number of alkyl halides is 2. The number of halogens is 3. The molecule has 0 heterocycles. The lowest BCUT2D eigenvalue weighted by Gasteiger charge is -2.29. The van der Waals surface area contributed by atoms with Crippen LogP contribution in [0.4, 0.5) is 8.78 Å². The van der Waals surface area contributed by atoms with Crippen molar-refractivity contribution in [1.29, 1.82) is 0 Å². The van der Waals surface area contributed by atoms with E-state index in [1.165, 1.54) is 0 Å². The third kappa shape index (κ3) is 3.41. The molecule has 1 aromatic rings. The fourth-order valence-electron chi connectivity index (χ4n) is 2.01. The molecule has 0 atom stereocenters. The first-order chi connectivity index (χ1) is 7.96. The molecule has 0 bridgehead atoms. The van der Waals surface area contributed by atoms with E-state index in [0.29, 0.717) is 12.8 Å². The van der Waals surface area contributed by atoms with Crippen molar-refractivity contribution in [1.82, 2.24) is 0 Å². The second kappa shape index (κ2) is 4.92. The smallest absolute Gasteiger partial charge is 0.248 e. The van der Waals surface area contributed by atoms with Crippen LogP contribution < -0.4 is 4.74 Å². The third-order valence-electron chi connectivity index (χ3n) is 3.05. The van der Waals surface area contributed by atoms with Crippen molar-refractivity contribution in [2.75, 3.05) is 0 Å². The quantitative estimate of drug-likeness (QED) is 0.768. The molecule has 0 aromatic heterocycles. The highest BCUT2D eigenvalue weighted by molar-refractivity contribution is 9.10. The Morgan fingerprint density at radius 2 is 1.94 bits per heavy atom. The van der Waals surface area contributed by atoms with Crippen LogP contribution >= 0.6 is 15.9 Å². The second-order valence-corrected chi connectivity index (χ2v) is 5.46. The molecule has 1 aliphatic carbocycles. The molecule has 0 aliphatic heterocycles. The van der Waals surface area contributed by atoms with Crippen LogP contribution in [0.5, 0.6) is 5.75 Å². The standard InChI is InChI=1S/C13H15BrF2O/c1-9-2-3-12(11(14)8-9)17-10-4-6-13(15,16)7-5-10/h2-3,8,10H,4-7H2,1H3. The Balaban J connectivity index is 1.98. The van der Waals surface area contributed by atoms with Crippen LogP contribution in [-0.4, -0.2) is 12.0 Å². The van der Waals surface area contributed by atoms with Crippen LogP contribution in [0.1, 0.15) is 31.2 Å². The van der Waals surface area contributed by atoms with Gasteiger partial charge in [-0.15, -0.1) is 0 Å². The number of rotatable bonds is 2. The Bertz CT molecular complexity index is 396. The minimum absolute atomic E-state index is 0.0683. The van der Waals surface area contributed by atoms with E-state index in [2.05, 4.69) is 15.9 Å². The van der Waals surface area contributed by atoms with Gasteiger partial charge in [0.05, 0.1) is 10.6 Å². The Morgan fingerprint density at radius 3 is 2.53 bits per heavy atom. The fourth-order valence-corrected chi connectivity index (χ4v) is 2.60. The Labute approximate surface area is 108 Å². The lowest BCUT2D eigenvalue weighted by molar-refractivity contribution is -0.0583. The van der Waals surface area contributed by atoms with Crippen molar-refractivity contribution in [3.8, 4) is 5.75 Å². The van der Waals surface area contributed by atoms with Crippen molar-refractivity contribution in [3.63, 3.8) is 0 Å². The maximum absolute atomic E-state index is 13.0. The highest BCUT2D eigenvalue weighted by Crippen LogP contribution is 2.36. The summed E-state index contributed by atoms with van der Waals surface area (Å²) in [7, 11) is 0. The van der Waals surface area contributed by atoms with E-state index in [0.717, 1.165) is 15.8 Å². The number of ether oxygens (including phenoxy) is 1. The molecule has 0 radical (unpaired) electrons. The van der Waals surface area contributed by atoms with Crippen LogP contribution in [0.2, 0.25) is 0 Å². The van der Waals surface area contributed by atoms with Crippen LogP contribution in [0.25, 0.3) is 0 Å². The maximum Gasteiger partial charge on any atom is 0.248 e. The first-order valence-corrected chi connectivity index (χ1v) is 6.56. The zero-order valence-corrected chi connectivity index (χ0v) is 11.3. The third-order valence-corrected chi connectivity index (χ3v) is 3.66. The summed E-state index contributed by atoms with van der Waals surface area (Å²) in [5, 5.41) is 0. The van der Waals surface area contributed by atoms with Crippen molar-refractivity contribution in [2.24, 2.45) is 0 Å². The predicted molar refractivity (Wildman–Crippen MR) is 66.7 cm³/mol. The zero-order chi connectivity index (χ0) is 12.5. The van der Waals surface area contributed by atoms with Crippen LogP contribution in [0.3, 0.4) is 0 Å². The molecule has 0 N–H and O–H groups in total. The van der Waals surface area contributed by atoms with E-state index in [9.17, 15) is 8.78 Å².